The van der Waals surface area contributed by atoms with Crippen LogP contribution in [0, 0.1) is 0 Å². The summed E-state index contributed by atoms with van der Waals surface area (Å²) >= 11 is 1.45. The number of piperazine rings is 1. The molecule has 1 aliphatic rings. The number of para-hydroxylation sites is 1. The Morgan fingerprint density at radius 2 is 2.05 bits per heavy atom. The molecule has 1 fully saturated rings. The molecule has 0 saturated carbocycles. The van der Waals surface area contributed by atoms with Crippen LogP contribution in [0.3, 0.4) is 0 Å². The summed E-state index contributed by atoms with van der Waals surface area (Å²) in [5.74, 6) is 0.0492. The Hall–Kier alpha value is -1.92. The van der Waals surface area contributed by atoms with Gasteiger partial charge in [-0.25, -0.2) is 4.98 Å². The lowest BCUT2D eigenvalue weighted by atomic mass is 10.2. The van der Waals surface area contributed by atoms with Gasteiger partial charge >= 0.3 is 0 Å². The maximum Gasteiger partial charge on any atom is 0.281 e. The molecule has 0 unspecified atom stereocenters. The number of hydrogen-bond donors (Lipinski definition) is 2. The zero-order chi connectivity index (χ0) is 14.5. The number of thiazole rings is 1. The highest BCUT2D eigenvalue weighted by molar-refractivity contribution is 7.13. The lowest BCUT2D eigenvalue weighted by Gasteiger charge is -2.33. The number of carbonyl (C=O) groups is 1. The van der Waals surface area contributed by atoms with Gasteiger partial charge in [-0.3, -0.25) is 10.1 Å². The van der Waals surface area contributed by atoms with Crippen LogP contribution in [0.25, 0.3) is 0 Å². The summed E-state index contributed by atoms with van der Waals surface area (Å²) in [5, 5.41) is 5.39. The van der Waals surface area contributed by atoms with Gasteiger partial charge in [0.2, 0.25) is 0 Å². The second kappa shape index (κ2) is 6.69. The molecular formula is C15H19N4OS+. The largest absolute Gasteiger partial charge is 0.360 e. The van der Waals surface area contributed by atoms with Gasteiger partial charge < -0.3 is 9.80 Å². The van der Waals surface area contributed by atoms with Crippen molar-refractivity contribution in [2.45, 2.75) is 0 Å². The molecule has 1 aliphatic heterocycles. The summed E-state index contributed by atoms with van der Waals surface area (Å²) in [4.78, 5) is 19.7. The van der Waals surface area contributed by atoms with Gasteiger partial charge in [-0.2, -0.15) is 0 Å². The number of rotatable bonds is 4. The lowest BCUT2D eigenvalue weighted by Crippen LogP contribution is -3.15. The van der Waals surface area contributed by atoms with E-state index in [0.717, 1.165) is 26.2 Å². The first-order chi connectivity index (χ1) is 10.3. The Balaban J connectivity index is 1.46. The van der Waals surface area contributed by atoms with Gasteiger partial charge in [0.05, 0.1) is 26.2 Å². The van der Waals surface area contributed by atoms with Crippen molar-refractivity contribution in [3.8, 4) is 0 Å². The third kappa shape index (κ3) is 3.80. The molecule has 0 spiro atoms. The minimum absolute atomic E-state index is 0.0492. The van der Waals surface area contributed by atoms with Gasteiger partial charge in [0.1, 0.15) is 0 Å². The van der Waals surface area contributed by atoms with Gasteiger partial charge in [-0.1, -0.05) is 18.2 Å². The van der Waals surface area contributed by atoms with Crippen LogP contribution in [0.4, 0.5) is 10.8 Å². The SMILES string of the molecule is O=C(C[NH+]1CCN(c2ccccc2)CC1)Nc1nccs1. The molecule has 1 aromatic heterocycles. The summed E-state index contributed by atoms with van der Waals surface area (Å²) in [7, 11) is 0. The van der Waals surface area contributed by atoms with E-state index in [4.69, 9.17) is 0 Å². The molecule has 0 aliphatic carbocycles. The molecule has 110 valence electrons. The van der Waals surface area contributed by atoms with Crippen LogP contribution in [0.5, 0.6) is 0 Å². The quantitative estimate of drug-likeness (QED) is 0.864. The Bertz CT molecular complexity index is 565. The minimum atomic E-state index is 0.0492. The van der Waals surface area contributed by atoms with Crippen molar-refractivity contribution in [2.75, 3.05) is 42.9 Å². The van der Waals surface area contributed by atoms with Crippen molar-refractivity contribution in [1.29, 1.82) is 0 Å². The third-order valence-electron chi connectivity index (χ3n) is 3.68. The second-order valence-corrected chi connectivity index (χ2v) is 6.03. The normalized spacial score (nSPS) is 15.9. The van der Waals surface area contributed by atoms with Crippen LogP contribution < -0.4 is 15.1 Å². The molecule has 2 N–H and O–H groups in total. The Morgan fingerprint density at radius 3 is 2.71 bits per heavy atom. The van der Waals surface area contributed by atoms with Crippen molar-refractivity contribution in [2.24, 2.45) is 0 Å². The number of carbonyl (C=O) groups excluding carboxylic acids is 1. The average Bonchev–Trinajstić information content (AvgIpc) is 3.02. The van der Waals surface area contributed by atoms with Crippen molar-refractivity contribution in [3.63, 3.8) is 0 Å². The van der Waals surface area contributed by atoms with E-state index >= 15 is 0 Å². The summed E-state index contributed by atoms with van der Waals surface area (Å²) in [6, 6.07) is 10.4. The molecule has 1 saturated heterocycles. The standard InChI is InChI=1S/C15H18N4OS/c20-14(17-15-16-6-11-21-15)12-18-7-9-19(10-8-18)13-4-2-1-3-5-13/h1-6,11H,7-10,12H2,(H,16,17,20)/p+1. The zero-order valence-corrected chi connectivity index (χ0v) is 12.6. The van der Waals surface area contributed by atoms with Crippen LogP contribution in [-0.2, 0) is 4.79 Å². The topological polar surface area (TPSA) is 49.7 Å². The molecule has 6 heteroatoms. The number of quaternary nitrogens is 1. The van der Waals surface area contributed by atoms with Crippen LogP contribution in [0.2, 0.25) is 0 Å². The first kappa shape index (κ1) is 14.0. The Kier molecular flexibility index (Phi) is 4.47. The number of nitrogens with one attached hydrogen (secondary N) is 2. The number of anilines is 2. The summed E-state index contributed by atoms with van der Waals surface area (Å²) < 4.78 is 0. The molecule has 3 rings (SSSR count). The number of benzene rings is 1. The number of amides is 1. The van der Waals surface area contributed by atoms with Crippen LogP contribution in [0.1, 0.15) is 0 Å². The molecule has 0 bridgehead atoms. The molecule has 21 heavy (non-hydrogen) atoms. The smallest absolute Gasteiger partial charge is 0.281 e. The maximum atomic E-state index is 12.0. The van der Waals surface area contributed by atoms with Crippen molar-refractivity contribution >= 4 is 28.1 Å². The van der Waals surface area contributed by atoms with Crippen LogP contribution >= 0.6 is 11.3 Å². The molecule has 1 amide bonds. The van der Waals surface area contributed by atoms with E-state index in [2.05, 4.69) is 39.5 Å². The fourth-order valence-corrected chi connectivity index (χ4v) is 3.12. The fourth-order valence-electron chi connectivity index (χ4n) is 2.57. The number of aromatic nitrogens is 1. The van der Waals surface area contributed by atoms with E-state index in [1.807, 2.05) is 11.4 Å². The van der Waals surface area contributed by atoms with Crippen molar-refractivity contribution < 1.29 is 9.69 Å². The highest BCUT2D eigenvalue weighted by Crippen LogP contribution is 2.12. The maximum absolute atomic E-state index is 12.0. The van der Waals surface area contributed by atoms with Gasteiger partial charge in [0.15, 0.2) is 11.7 Å². The first-order valence-electron chi connectivity index (χ1n) is 7.14. The molecule has 0 radical (unpaired) electrons. The van der Waals surface area contributed by atoms with Crippen molar-refractivity contribution in [1.82, 2.24) is 4.98 Å². The molecule has 2 aromatic rings. The fraction of sp³-hybridized carbons (Fsp3) is 0.333. The van der Waals surface area contributed by atoms with E-state index in [9.17, 15) is 4.79 Å². The molecular weight excluding hydrogens is 284 g/mol. The van der Waals surface area contributed by atoms with E-state index in [1.54, 1.807) is 6.20 Å². The predicted octanol–water partition coefficient (Wildman–Crippen LogP) is 0.487. The number of hydrogen-bond acceptors (Lipinski definition) is 4. The predicted molar refractivity (Wildman–Crippen MR) is 85.0 cm³/mol. The Labute approximate surface area is 128 Å². The zero-order valence-electron chi connectivity index (χ0n) is 11.8. The third-order valence-corrected chi connectivity index (χ3v) is 4.37. The number of nitrogens with zero attached hydrogens (tertiary/aromatic N) is 2. The van der Waals surface area contributed by atoms with E-state index in [-0.39, 0.29) is 5.91 Å². The Morgan fingerprint density at radius 1 is 1.29 bits per heavy atom. The van der Waals surface area contributed by atoms with Crippen LogP contribution in [-0.4, -0.2) is 43.6 Å². The molecule has 2 heterocycles. The summed E-state index contributed by atoms with van der Waals surface area (Å²) in [6.45, 7) is 4.47. The van der Waals surface area contributed by atoms with E-state index < -0.39 is 0 Å². The van der Waals surface area contributed by atoms with E-state index in [1.165, 1.54) is 21.9 Å². The summed E-state index contributed by atoms with van der Waals surface area (Å²) in [5.41, 5.74) is 1.27. The monoisotopic (exact) mass is 303 g/mol. The molecule has 0 atom stereocenters. The lowest BCUT2D eigenvalue weighted by molar-refractivity contribution is -0.892. The summed E-state index contributed by atoms with van der Waals surface area (Å²) in [6.07, 6.45) is 1.70. The molecule has 5 nitrogen and oxygen atoms in total. The van der Waals surface area contributed by atoms with E-state index in [0.29, 0.717) is 11.7 Å². The minimum Gasteiger partial charge on any atom is -0.360 e. The first-order valence-corrected chi connectivity index (χ1v) is 8.02. The van der Waals surface area contributed by atoms with Crippen molar-refractivity contribution in [3.05, 3.63) is 41.9 Å². The van der Waals surface area contributed by atoms with Gasteiger partial charge in [0.25, 0.3) is 5.91 Å². The molecule has 1 aromatic carbocycles. The van der Waals surface area contributed by atoms with Gasteiger partial charge in [0, 0.05) is 17.3 Å². The average molecular weight is 303 g/mol. The van der Waals surface area contributed by atoms with Gasteiger partial charge in [-0.15, -0.1) is 11.3 Å². The van der Waals surface area contributed by atoms with Crippen LogP contribution in [0.15, 0.2) is 41.9 Å². The van der Waals surface area contributed by atoms with Gasteiger partial charge in [-0.05, 0) is 12.1 Å². The second-order valence-electron chi connectivity index (χ2n) is 5.13. The highest BCUT2D eigenvalue weighted by atomic mass is 32.1. The highest BCUT2D eigenvalue weighted by Gasteiger charge is 2.22.